The van der Waals surface area contributed by atoms with Gasteiger partial charge >= 0.3 is 6.03 Å². The number of carbonyl (C=O) groups excluding carboxylic acids is 3. The van der Waals surface area contributed by atoms with Gasteiger partial charge in [-0.1, -0.05) is 50.2 Å². The van der Waals surface area contributed by atoms with Gasteiger partial charge in [0.05, 0.1) is 35.4 Å². The van der Waals surface area contributed by atoms with Crippen LogP contribution in [0.5, 0.6) is 0 Å². The number of anilines is 2. The van der Waals surface area contributed by atoms with Crippen LogP contribution in [0.2, 0.25) is 0 Å². The van der Waals surface area contributed by atoms with E-state index >= 15 is 0 Å². The molecule has 2 aromatic carbocycles. The molecule has 16 heteroatoms. The molecular weight excluding hydrogens is 749 g/mol. The van der Waals surface area contributed by atoms with E-state index in [0.717, 1.165) is 95.2 Å². The Hall–Kier alpha value is -6.42. The smallest absolute Gasteiger partial charge is 0.328 e. The van der Waals surface area contributed by atoms with E-state index in [4.69, 9.17) is 9.62 Å². The molecule has 2 aliphatic rings. The van der Waals surface area contributed by atoms with Gasteiger partial charge in [-0.15, -0.1) is 0 Å². The first-order valence-electron chi connectivity index (χ1n) is 20.1. The Bertz CT molecular complexity index is 2540. The zero-order chi connectivity index (χ0) is 41.6. The Morgan fingerprint density at radius 2 is 1.68 bits per heavy atom. The molecule has 4 aromatic heterocycles. The maximum absolute atomic E-state index is 12.9. The Balaban J connectivity index is 0.882. The largest absolute Gasteiger partial charge is 0.369 e. The summed E-state index contributed by atoms with van der Waals surface area (Å²) in [6.07, 6.45) is 2.15. The van der Waals surface area contributed by atoms with Crippen molar-refractivity contribution in [2.24, 2.45) is 0 Å². The van der Waals surface area contributed by atoms with Crippen LogP contribution in [-0.4, -0.2) is 97.1 Å². The van der Waals surface area contributed by atoms with Crippen LogP contribution in [0.1, 0.15) is 79.2 Å². The van der Waals surface area contributed by atoms with Crippen LogP contribution >= 0.6 is 0 Å². The molecule has 3 N–H and O–H groups in total. The minimum absolute atomic E-state index is 0.0182. The van der Waals surface area contributed by atoms with Crippen LogP contribution < -0.4 is 20.4 Å². The molecule has 0 unspecified atom stereocenters. The summed E-state index contributed by atoms with van der Waals surface area (Å²) in [6, 6.07) is 16.3. The lowest BCUT2D eigenvalue weighted by Crippen LogP contribution is -2.50. The SMILES string of the molecule is Cc1cc(-c2[nH]nc3ncc(-c4ccc(N5CCN(CCn6nc(C)c(N7CCC(=O)NC7=O)c6C)CC5)cc4)cc23)ccc1[C@@H](C)NC(=O)c1noc(C(C)(C)C)n1. The van der Waals surface area contributed by atoms with E-state index in [1.165, 1.54) is 5.69 Å². The number of H-pyrrole nitrogens is 1. The number of pyridine rings is 1. The molecule has 6 aromatic rings. The van der Waals surface area contributed by atoms with Gasteiger partial charge < -0.3 is 14.7 Å². The highest BCUT2D eigenvalue weighted by Crippen LogP contribution is 2.33. The van der Waals surface area contributed by atoms with Gasteiger partial charge in [0.1, 0.15) is 0 Å². The first kappa shape index (κ1) is 39.4. The summed E-state index contributed by atoms with van der Waals surface area (Å²) in [7, 11) is 0. The van der Waals surface area contributed by atoms with Crippen LogP contribution in [-0.2, 0) is 16.8 Å². The minimum atomic E-state index is -0.388. The van der Waals surface area contributed by atoms with Crippen LogP contribution in [0.15, 0.2) is 59.3 Å². The number of piperazine rings is 1. The van der Waals surface area contributed by atoms with E-state index in [1.54, 1.807) is 4.90 Å². The van der Waals surface area contributed by atoms with Crippen LogP contribution in [0.25, 0.3) is 33.4 Å². The van der Waals surface area contributed by atoms with Gasteiger partial charge in [-0.05, 0) is 68.7 Å². The van der Waals surface area contributed by atoms with Gasteiger partial charge in [0.25, 0.3) is 11.7 Å². The summed E-state index contributed by atoms with van der Waals surface area (Å²) in [5, 5.41) is 22.6. The maximum Gasteiger partial charge on any atom is 0.328 e. The third-order valence-corrected chi connectivity index (χ3v) is 11.3. The molecule has 6 heterocycles. The standard InChI is InChI=1S/C43H50N12O4/c1-25-22-30(10-13-33(25)26(2)45-40(57)39-47-41(59-51-39)43(5,6)7)36-34-23-31(24-44-38(34)49-48-36)29-8-11-32(12-9-29)53-19-16-52(17-20-53)18-21-55-28(4)37(27(3)50-55)54-15-14-35(56)46-42(54)58/h8-13,22-24,26H,14-21H2,1-7H3,(H,45,57)(H,44,48,49)(H,46,56,58)/t26-/m1/s1. The molecule has 16 nitrogen and oxygen atoms in total. The van der Waals surface area contributed by atoms with E-state index in [1.807, 2.05) is 71.5 Å². The van der Waals surface area contributed by atoms with Gasteiger partial charge in [-0.2, -0.15) is 15.2 Å². The minimum Gasteiger partial charge on any atom is -0.369 e. The number of amides is 4. The molecule has 2 saturated heterocycles. The zero-order valence-corrected chi connectivity index (χ0v) is 34.6. The second kappa shape index (κ2) is 15.7. The highest BCUT2D eigenvalue weighted by atomic mass is 16.5. The van der Waals surface area contributed by atoms with Crippen molar-refractivity contribution in [3.05, 3.63) is 89.0 Å². The predicted molar refractivity (Wildman–Crippen MR) is 224 cm³/mol. The first-order valence-corrected chi connectivity index (χ1v) is 20.1. The van der Waals surface area contributed by atoms with Crippen LogP contribution in [0.4, 0.5) is 16.2 Å². The summed E-state index contributed by atoms with van der Waals surface area (Å²) in [6.45, 7) is 19.3. The van der Waals surface area contributed by atoms with Gasteiger partial charge in [0.15, 0.2) is 5.65 Å². The number of carbonyl (C=O) groups is 3. The lowest BCUT2D eigenvalue weighted by atomic mass is 9.97. The summed E-state index contributed by atoms with van der Waals surface area (Å²) in [5.41, 5.74) is 9.89. The Morgan fingerprint density at radius 1 is 0.932 bits per heavy atom. The Labute approximate surface area is 342 Å². The molecule has 2 fully saturated rings. The van der Waals surface area contributed by atoms with Crippen LogP contribution in [0, 0.1) is 20.8 Å². The molecule has 0 bridgehead atoms. The molecule has 2 aliphatic heterocycles. The molecule has 306 valence electrons. The number of imide groups is 1. The number of fused-ring (bicyclic) bond motifs is 1. The lowest BCUT2D eigenvalue weighted by molar-refractivity contribution is -0.120. The van der Waals surface area contributed by atoms with E-state index in [9.17, 15) is 14.4 Å². The van der Waals surface area contributed by atoms with Crippen molar-refractivity contribution in [2.45, 2.75) is 72.9 Å². The molecule has 0 radical (unpaired) electrons. The van der Waals surface area contributed by atoms with Crippen molar-refractivity contribution in [1.82, 2.24) is 50.6 Å². The summed E-state index contributed by atoms with van der Waals surface area (Å²) in [4.78, 5) is 52.5. The number of hydrogen-bond acceptors (Lipinski definition) is 11. The van der Waals surface area contributed by atoms with Crippen LogP contribution in [0.3, 0.4) is 0 Å². The molecule has 1 atom stereocenters. The monoisotopic (exact) mass is 798 g/mol. The molecule has 59 heavy (non-hydrogen) atoms. The molecule has 0 aliphatic carbocycles. The van der Waals surface area contributed by atoms with E-state index in [2.05, 4.69) is 82.2 Å². The highest BCUT2D eigenvalue weighted by molar-refractivity contribution is 6.06. The molecule has 0 spiro atoms. The zero-order valence-electron chi connectivity index (χ0n) is 34.6. The topological polar surface area (TPSA) is 183 Å². The fourth-order valence-corrected chi connectivity index (χ4v) is 7.96. The average Bonchev–Trinajstić information content (AvgIpc) is 3.95. The van der Waals surface area contributed by atoms with Gasteiger partial charge in [-0.3, -0.25) is 34.5 Å². The molecule has 0 saturated carbocycles. The number of nitrogens with one attached hydrogen (secondary N) is 3. The lowest BCUT2D eigenvalue weighted by Gasteiger charge is -2.36. The summed E-state index contributed by atoms with van der Waals surface area (Å²) < 4.78 is 7.28. The quantitative estimate of drug-likeness (QED) is 0.151. The third-order valence-electron chi connectivity index (χ3n) is 11.3. The number of hydrogen-bond donors (Lipinski definition) is 3. The summed E-state index contributed by atoms with van der Waals surface area (Å²) in [5.74, 6) is -0.198. The fraction of sp³-hybridized carbons (Fsp3) is 0.395. The number of aromatic nitrogens is 7. The Kier molecular flexibility index (Phi) is 10.5. The number of benzene rings is 2. The van der Waals surface area contributed by atoms with Crippen molar-refractivity contribution in [3.63, 3.8) is 0 Å². The number of urea groups is 1. The highest BCUT2D eigenvalue weighted by Gasteiger charge is 2.30. The van der Waals surface area contributed by atoms with Gasteiger partial charge in [0, 0.05) is 79.5 Å². The van der Waals surface area contributed by atoms with Gasteiger partial charge in [-0.25, -0.2) is 9.78 Å². The molecule has 4 amide bonds. The van der Waals surface area contributed by atoms with E-state index in [0.29, 0.717) is 18.1 Å². The van der Waals surface area contributed by atoms with Crippen molar-refractivity contribution < 1.29 is 18.9 Å². The number of aromatic amines is 1. The normalized spacial score (nSPS) is 15.8. The fourth-order valence-electron chi connectivity index (χ4n) is 7.96. The van der Waals surface area contributed by atoms with Crippen molar-refractivity contribution in [2.75, 3.05) is 49.1 Å². The number of rotatable bonds is 10. The van der Waals surface area contributed by atoms with Crippen molar-refractivity contribution >= 4 is 40.3 Å². The second-order valence-electron chi connectivity index (χ2n) is 16.5. The predicted octanol–water partition coefficient (Wildman–Crippen LogP) is 5.85. The van der Waals surface area contributed by atoms with Gasteiger partial charge in [0.2, 0.25) is 11.8 Å². The van der Waals surface area contributed by atoms with E-state index < -0.39 is 0 Å². The molecule has 8 rings (SSSR count). The second-order valence-corrected chi connectivity index (χ2v) is 16.5. The average molecular weight is 799 g/mol. The van der Waals surface area contributed by atoms with E-state index in [-0.39, 0.29) is 41.5 Å². The maximum atomic E-state index is 12.9. The molecular formula is C43H50N12O4. The first-order chi connectivity index (χ1) is 28.2. The summed E-state index contributed by atoms with van der Waals surface area (Å²) >= 11 is 0. The van der Waals surface area contributed by atoms with Crippen molar-refractivity contribution in [1.29, 1.82) is 0 Å². The number of aryl methyl sites for hydroxylation is 2. The Morgan fingerprint density at radius 3 is 2.37 bits per heavy atom. The van der Waals surface area contributed by atoms with Crippen molar-refractivity contribution in [3.8, 4) is 22.4 Å². The number of nitrogens with zero attached hydrogens (tertiary/aromatic N) is 9. The third kappa shape index (κ3) is 8.04.